The Morgan fingerprint density at radius 1 is 1.20 bits per heavy atom. The average molecular weight is 268 g/mol. The summed E-state index contributed by atoms with van der Waals surface area (Å²) in [6.07, 6.45) is 0.414. The summed E-state index contributed by atoms with van der Waals surface area (Å²) in [5, 5.41) is 21.8. The summed E-state index contributed by atoms with van der Waals surface area (Å²) < 4.78 is 5.07. The van der Waals surface area contributed by atoms with Gasteiger partial charge in [-0.3, -0.25) is 0 Å². The van der Waals surface area contributed by atoms with Crippen molar-refractivity contribution in [1.82, 2.24) is 0 Å². The summed E-state index contributed by atoms with van der Waals surface area (Å²) >= 11 is 0. The van der Waals surface area contributed by atoms with Gasteiger partial charge >= 0.3 is 0 Å². The van der Waals surface area contributed by atoms with Crippen molar-refractivity contribution < 1.29 is 9.84 Å². The van der Waals surface area contributed by atoms with Gasteiger partial charge in [0.1, 0.15) is 0 Å². The Morgan fingerprint density at radius 2 is 1.95 bits per heavy atom. The highest BCUT2D eigenvalue weighted by molar-refractivity contribution is 5.49. The number of phenols is 1. The molecule has 0 aromatic heterocycles. The zero-order valence-corrected chi connectivity index (χ0v) is 11.3. The Kier molecular flexibility index (Phi) is 4.46. The van der Waals surface area contributed by atoms with Crippen LogP contribution in [0, 0.1) is 11.3 Å². The zero-order valence-electron chi connectivity index (χ0n) is 11.3. The number of aromatic hydroxyl groups is 1. The zero-order chi connectivity index (χ0) is 14.4. The average Bonchev–Trinajstić information content (AvgIpc) is 2.48. The van der Waals surface area contributed by atoms with Gasteiger partial charge in [-0.1, -0.05) is 24.3 Å². The number of nitriles is 1. The Labute approximate surface area is 118 Å². The Bertz CT molecular complexity index is 615. The predicted molar refractivity (Wildman–Crippen MR) is 77.7 cm³/mol. The minimum absolute atomic E-state index is 0.156. The van der Waals surface area contributed by atoms with Crippen molar-refractivity contribution in [2.24, 2.45) is 0 Å². The van der Waals surface area contributed by atoms with E-state index in [0.717, 1.165) is 16.8 Å². The van der Waals surface area contributed by atoms with E-state index in [4.69, 9.17) is 10.00 Å². The molecule has 0 aliphatic rings. The fraction of sp³-hybridized carbons (Fsp3) is 0.188. The molecule has 0 heterocycles. The number of hydrogen-bond acceptors (Lipinski definition) is 4. The normalized spacial score (nSPS) is 9.80. The summed E-state index contributed by atoms with van der Waals surface area (Å²) in [4.78, 5) is 0. The SMILES string of the molecule is COc1cccc(CNc2ccc(CC#N)cc2)c1O. The van der Waals surface area contributed by atoms with Crippen molar-refractivity contribution in [2.75, 3.05) is 12.4 Å². The molecule has 2 aromatic rings. The van der Waals surface area contributed by atoms with Gasteiger partial charge in [0.15, 0.2) is 11.5 Å². The van der Waals surface area contributed by atoms with E-state index in [9.17, 15) is 5.11 Å². The molecule has 0 saturated heterocycles. The van der Waals surface area contributed by atoms with E-state index >= 15 is 0 Å². The predicted octanol–water partition coefficient (Wildman–Crippen LogP) is 3.08. The molecule has 4 nitrogen and oxygen atoms in total. The lowest BCUT2D eigenvalue weighted by Crippen LogP contribution is -2.00. The third-order valence-electron chi connectivity index (χ3n) is 3.02. The van der Waals surface area contributed by atoms with Gasteiger partial charge in [-0.2, -0.15) is 5.26 Å². The van der Waals surface area contributed by atoms with Crippen LogP contribution < -0.4 is 10.1 Å². The number of ether oxygens (including phenoxy) is 1. The van der Waals surface area contributed by atoms with Crippen LogP contribution in [0.4, 0.5) is 5.69 Å². The maximum absolute atomic E-state index is 9.98. The van der Waals surface area contributed by atoms with Crippen LogP contribution in [-0.2, 0) is 13.0 Å². The summed E-state index contributed by atoms with van der Waals surface area (Å²) in [5.74, 6) is 0.622. The molecule has 2 rings (SSSR count). The highest BCUT2D eigenvalue weighted by Gasteiger charge is 2.06. The topological polar surface area (TPSA) is 65.3 Å². The number of methoxy groups -OCH3 is 1. The Hall–Kier alpha value is -2.67. The van der Waals surface area contributed by atoms with Crippen molar-refractivity contribution >= 4 is 5.69 Å². The molecule has 0 aliphatic heterocycles. The number of rotatable bonds is 5. The van der Waals surface area contributed by atoms with Gasteiger partial charge in [-0.25, -0.2) is 0 Å². The van der Waals surface area contributed by atoms with Gasteiger partial charge in [-0.15, -0.1) is 0 Å². The van der Waals surface area contributed by atoms with Gasteiger partial charge < -0.3 is 15.2 Å². The van der Waals surface area contributed by atoms with E-state index in [1.807, 2.05) is 36.4 Å². The molecule has 102 valence electrons. The number of nitrogens with zero attached hydrogens (tertiary/aromatic N) is 1. The first-order valence-electron chi connectivity index (χ1n) is 6.29. The van der Waals surface area contributed by atoms with Gasteiger partial charge in [0.05, 0.1) is 19.6 Å². The molecule has 20 heavy (non-hydrogen) atoms. The summed E-state index contributed by atoms with van der Waals surface area (Å²) in [7, 11) is 1.53. The number of anilines is 1. The van der Waals surface area contributed by atoms with E-state index in [2.05, 4.69) is 11.4 Å². The number of hydrogen-bond donors (Lipinski definition) is 2. The second-order valence-corrected chi connectivity index (χ2v) is 4.35. The van der Waals surface area contributed by atoms with E-state index in [1.54, 1.807) is 6.07 Å². The summed E-state index contributed by atoms with van der Waals surface area (Å²) in [5.41, 5.74) is 2.70. The molecule has 0 aliphatic carbocycles. The first kappa shape index (κ1) is 13.8. The van der Waals surface area contributed by atoms with Gasteiger partial charge in [0.25, 0.3) is 0 Å². The van der Waals surface area contributed by atoms with Crippen molar-refractivity contribution in [3.05, 3.63) is 53.6 Å². The number of nitrogens with one attached hydrogen (secondary N) is 1. The van der Waals surface area contributed by atoms with Crippen LogP contribution in [0.3, 0.4) is 0 Å². The van der Waals surface area contributed by atoms with Crippen molar-refractivity contribution in [3.8, 4) is 17.6 Å². The second kappa shape index (κ2) is 6.48. The first-order valence-corrected chi connectivity index (χ1v) is 6.29. The summed E-state index contributed by atoms with van der Waals surface area (Å²) in [6.45, 7) is 0.501. The van der Waals surface area contributed by atoms with Crippen molar-refractivity contribution in [3.63, 3.8) is 0 Å². The third kappa shape index (κ3) is 3.21. The van der Waals surface area contributed by atoms with E-state index < -0.39 is 0 Å². The molecule has 0 atom stereocenters. The van der Waals surface area contributed by atoms with Crippen LogP contribution in [0.15, 0.2) is 42.5 Å². The Balaban J connectivity index is 2.03. The molecule has 0 radical (unpaired) electrons. The molecular weight excluding hydrogens is 252 g/mol. The fourth-order valence-electron chi connectivity index (χ4n) is 1.90. The van der Waals surface area contributed by atoms with Crippen molar-refractivity contribution in [1.29, 1.82) is 5.26 Å². The van der Waals surface area contributed by atoms with E-state index in [-0.39, 0.29) is 5.75 Å². The monoisotopic (exact) mass is 268 g/mol. The van der Waals surface area contributed by atoms with Crippen LogP contribution >= 0.6 is 0 Å². The van der Waals surface area contributed by atoms with Gasteiger partial charge in [0.2, 0.25) is 0 Å². The van der Waals surface area contributed by atoms with E-state index in [1.165, 1.54) is 7.11 Å². The van der Waals surface area contributed by atoms with Crippen LogP contribution in [-0.4, -0.2) is 12.2 Å². The molecule has 0 spiro atoms. The maximum Gasteiger partial charge on any atom is 0.162 e. The second-order valence-electron chi connectivity index (χ2n) is 4.35. The largest absolute Gasteiger partial charge is 0.504 e. The van der Waals surface area contributed by atoms with Crippen LogP contribution in [0.1, 0.15) is 11.1 Å². The van der Waals surface area contributed by atoms with Crippen molar-refractivity contribution in [2.45, 2.75) is 13.0 Å². The summed E-state index contributed by atoms with van der Waals surface area (Å²) in [6, 6.07) is 15.2. The standard InChI is InChI=1S/C16H16N2O2/c1-20-15-4-2-3-13(16(15)19)11-18-14-7-5-12(6-8-14)9-10-17/h2-8,18-19H,9,11H2,1H3. The molecule has 0 fully saturated rings. The molecular formula is C16H16N2O2. The highest BCUT2D eigenvalue weighted by Crippen LogP contribution is 2.29. The lowest BCUT2D eigenvalue weighted by molar-refractivity contribution is 0.371. The van der Waals surface area contributed by atoms with Gasteiger partial charge in [0, 0.05) is 17.8 Å². The molecule has 2 aromatic carbocycles. The van der Waals surface area contributed by atoms with Crippen LogP contribution in [0.2, 0.25) is 0 Å². The fourth-order valence-corrected chi connectivity index (χ4v) is 1.90. The molecule has 0 unspecified atom stereocenters. The van der Waals surface area contributed by atoms with Crippen LogP contribution in [0.5, 0.6) is 11.5 Å². The van der Waals surface area contributed by atoms with Crippen LogP contribution in [0.25, 0.3) is 0 Å². The smallest absolute Gasteiger partial charge is 0.162 e. The third-order valence-corrected chi connectivity index (χ3v) is 3.02. The molecule has 0 saturated carbocycles. The highest BCUT2D eigenvalue weighted by atomic mass is 16.5. The minimum atomic E-state index is 0.156. The molecule has 0 bridgehead atoms. The lowest BCUT2D eigenvalue weighted by Gasteiger charge is -2.11. The lowest BCUT2D eigenvalue weighted by atomic mass is 10.1. The van der Waals surface area contributed by atoms with Gasteiger partial charge in [-0.05, 0) is 23.8 Å². The van der Waals surface area contributed by atoms with E-state index in [0.29, 0.717) is 18.7 Å². The first-order chi connectivity index (χ1) is 9.74. The molecule has 4 heteroatoms. The number of benzene rings is 2. The number of phenolic OH excluding ortho intramolecular Hbond substituents is 1. The Morgan fingerprint density at radius 3 is 2.60 bits per heavy atom. The molecule has 2 N–H and O–H groups in total. The quantitative estimate of drug-likeness (QED) is 0.874. The number of para-hydroxylation sites is 1. The molecule has 0 amide bonds. The maximum atomic E-state index is 9.98. The minimum Gasteiger partial charge on any atom is -0.504 e.